The molecule has 4 rings (SSSR count). The second-order valence-electron chi connectivity index (χ2n) is 11.6. The number of benzene rings is 3. The number of alkyl halides is 3. The fourth-order valence-corrected chi connectivity index (χ4v) is 5.22. The number of amides is 2. The lowest BCUT2D eigenvalue weighted by Crippen LogP contribution is -2.47. The molecule has 0 saturated carbocycles. The van der Waals surface area contributed by atoms with Gasteiger partial charge in [-0.3, -0.25) is 9.59 Å². The molecule has 5 nitrogen and oxygen atoms in total. The van der Waals surface area contributed by atoms with Gasteiger partial charge >= 0.3 is 6.18 Å². The summed E-state index contributed by atoms with van der Waals surface area (Å²) in [6.07, 6.45) is -1.46. The number of aryl methyl sites for hydroxylation is 1. The van der Waals surface area contributed by atoms with Crippen molar-refractivity contribution in [2.75, 3.05) is 19.6 Å². The van der Waals surface area contributed by atoms with Gasteiger partial charge < -0.3 is 15.1 Å². The van der Waals surface area contributed by atoms with Crippen LogP contribution in [0.2, 0.25) is 0 Å². The minimum atomic E-state index is -4.44. The van der Waals surface area contributed by atoms with Crippen molar-refractivity contribution in [3.63, 3.8) is 0 Å². The lowest BCUT2D eigenvalue weighted by atomic mass is 9.99. The summed E-state index contributed by atoms with van der Waals surface area (Å²) in [6.45, 7) is 9.87. The van der Waals surface area contributed by atoms with E-state index in [1.165, 1.54) is 6.07 Å². The van der Waals surface area contributed by atoms with Gasteiger partial charge in [-0.1, -0.05) is 55.8 Å². The third-order valence-corrected chi connectivity index (χ3v) is 7.86. The Kier molecular flexibility index (Phi) is 10.4. The quantitative estimate of drug-likeness (QED) is 0.279. The van der Waals surface area contributed by atoms with E-state index in [0.717, 1.165) is 62.2 Å². The first-order valence-electron chi connectivity index (χ1n) is 14.6. The maximum atomic E-state index is 13.7. The fourth-order valence-electron chi connectivity index (χ4n) is 5.22. The first kappa shape index (κ1) is 31.3. The molecule has 1 saturated heterocycles. The molecule has 42 heavy (non-hydrogen) atoms. The molecule has 3 aromatic rings. The molecule has 3 aromatic carbocycles. The lowest BCUT2D eigenvalue weighted by molar-refractivity contribution is -0.137. The SMILES string of the molecule is Cc1ccc(C(=O)N(Cc2ccc(C(=O)NCc3cccc(C(F)(F)F)c3)cc2)C2CCN(CCC(C)C)CC2)cc1. The van der Waals surface area contributed by atoms with Gasteiger partial charge in [0.15, 0.2) is 0 Å². The van der Waals surface area contributed by atoms with Gasteiger partial charge in [0, 0.05) is 43.3 Å². The topological polar surface area (TPSA) is 52.7 Å². The van der Waals surface area contributed by atoms with Gasteiger partial charge in [0.2, 0.25) is 0 Å². The van der Waals surface area contributed by atoms with Crippen molar-refractivity contribution in [2.24, 2.45) is 5.92 Å². The van der Waals surface area contributed by atoms with Crippen LogP contribution in [0.4, 0.5) is 13.2 Å². The summed E-state index contributed by atoms with van der Waals surface area (Å²) in [5.74, 6) is 0.284. The van der Waals surface area contributed by atoms with Gasteiger partial charge in [-0.25, -0.2) is 0 Å². The molecule has 1 aliphatic rings. The predicted octanol–water partition coefficient (Wildman–Crippen LogP) is 7.10. The summed E-state index contributed by atoms with van der Waals surface area (Å²) in [4.78, 5) is 30.9. The molecule has 0 unspecified atom stereocenters. The normalized spacial score (nSPS) is 14.6. The first-order valence-corrected chi connectivity index (χ1v) is 14.6. The summed E-state index contributed by atoms with van der Waals surface area (Å²) in [5, 5.41) is 2.70. The fraction of sp³-hybridized carbons (Fsp3) is 0.412. The van der Waals surface area contributed by atoms with Crippen LogP contribution < -0.4 is 5.32 Å². The molecule has 1 fully saturated rings. The van der Waals surface area contributed by atoms with Crippen LogP contribution in [0.1, 0.15) is 76.1 Å². The van der Waals surface area contributed by atoms with Gasteiger partial charge in [0.1, 0.15) is 0 Å². The Morgan fingerprint density at radius 2 is 1.57 bits per heavy atom. The highest BCUT2D eigenvalue weighted by molar-refractivity contribution is 5.95. The van der Waals surface area contributed by atoms with E-state index >= 15 is 0 Å². The number of halogens is 3. The van der Waals surface area contributed by atoms with Crippen LogP contribution >= 0.6 is 0 Å². The Labute approximate surface area is 246 Å². The molecule has 0 bridgehead atoms. The highest BCUT2D eigenvalue weighted by Gasteiger charge is 2.31. The third kappa shape index (κ3) is 8.68. The molecule has 1 heterocycles. The van der Waals surface area contributed by atoms with E-state index in [4.69, 9.17) is 0 Å². The van der Waals surface area contributed by atoms with Crippen molar-refractivity contribution < 1.29 is 22.8 Å². The highest BCUT2D eigenvalue weighted by Crippen LogP contribution is 2.29. The number of carbonyl (C=O) groups is 2. The number of nitrogens with one attached hydrogen (secondary N) is 1. The average molecular weight is 580 g/mol. The van der Waals surface area contributed by atoms with Crippen LogP contribution in [0.25, 0.3) is 0 Å². The number of nitrogens with zero attached hydrogens (tertiary/aromatic N) is 2. The summed E-state index contributed by atoms with van der Waals surface area (Å²) in [5.41, 5.74) is 2.69. The van der Waals surface area contributed by atoms with E-state index in [-0.39, 0.29) is 24.4 Å². The second kappa shape index (κ2) is 14.0. The van der Waals surface area contributed by atoms with Crippen molar-refractivity contribution in [1.82, 2.24) is 15.1 Å². The molecule has 0 aromatic heterocycles. The molecule has 8 heteroatoms. The van der Waals surface area contributed by atoms with Crippen molar-refractivity contribution in [2.45, 2.75) is 65.3 Å². The summed E-state index contributed by atoms with van der Waals surface area (Å²) in [7, 11) is 0. The van der Waals surface area contributed by atoms with E-state index in [1.54, 1.807) is 18.2 Å². The van der Waals surface area contributed by atoms with Crippen LogP contribution in [0.15, 0.2) is 72.8 Å². The van der Waals surface area contributed by atoms with Gasteiger partial charge in [-0.05, 0) is 86.2 Å². The Morgan fingerprint density at radius 3 is 2.19 bits per heavy atom. The lowest BCUT2D eigenvalue weighted by Gasteiger charge is -2.39. The smallest absolute Gasteiger partial charge is 0.348 e. The maximum Gasteiger partial charge on any atom is 0.416 e. The minimum Gasteiger partial charge on any atom is -0.348 e. The summed E-state index contributed by atoms with van der Waals surface area (Å²) >= 11 is 0. The van der Waals surface area contributed by atoms with Crippen LogP contribution in [0.3, 0.4) is 0 Å². The number of hydrogen-bond donors (Lipinski definition) is 1. The molecule has 1 N–H and O–H groups in total. The Hall–Kier alpha value is -3.65. The largest absolute Gasteiger partial charge is 0.416 e. The Morgan fingerprint density at radius 1 is 0.929 bits per heavy atom. The molecule has 0 radical (unpaired) electrons. The van der Waals surface area contributed by atoms with Crippen molar-refractivity contribution in [3.05, 3.63) is 106 Å². The Balaban J connectivity index is 1.42. The molecular weight excluding hydrogens is 539 g/mol. The summed E-state index contributed by atoms with van der Waals surface area (Å²) < 4.78 is 39.0. The van der Waals surface area contributed by atoms with Crippen LogP contribution in [-0.4, -0.2) is 47.3 Å². The molecule has 224 valence electrons. The number of hydrogen-bond acceptors (Lipinski definition) is 3. The van der Waals surface area contributed by atoms with E-state index in [0.29, 0.717) is 29.2 Å². The zero-order valence-electron chi connectivity index (χ0n) is 24.6. The van der Waals surface area contributed by atoms with E-state index in [1.807, 2.05) is 48.2 Å². The molecule has 1 aliphatic heterocycles. The van der Waals surface area contributed by atoms with Gasteiger partial charge in [0.25, 0.3) is 11.8 Å². The van der Waals surface area contributed by atoms with E-state index in [2.05, 4.69) is 24.1 Å². The second-order valence-corrected chi connectivity index (χ2v) is 11.6. The monoisotopic (exact) mass is 579 g/mol. The van der Waals surface area contributed by atoms with Crippen molar-refractivity contribution >= 4 is 11.8 Å². The van der Waals surface area contributed by atoms with Crippen LogP contribution in [0.5, 0.6) is 0 Å². The number of likely N-dealkylation sites (tertiary alicyclic amines) is 1. The van der Waals surface area contributed by atoms with Crippen LogP contribution in [0, 0.1) is 12.8 Å². The first-order chi connectivity index (χ1) is 20.0. The van der Waals surface area contributed by atoms with E-state index in [9.17, 15) is 22.8 Å². The Bertz CT molecular complexity index is 1330. The predicted molar refractivity (Wildman–Crippen MR) is 159 cm³/mol. The van der Waals surface area contributed by atoms with Gasteiger partial charge in [0.05, 0.1) is 5.56 Å². The molecular formula is C34H40F3N3O2. The standard InChI is InChI=1S/C34H40F3N3O2/c1-24(2)15-18-39-19-16-31(17-20-39)40(33(42)29-11-7-25(3)8-12-29)23-26-9-13-28(14-10-26)32(41)38-22-27-5-4-6-30(21-27)34(35,36)37/h4-14,21,24,31H,15-20,22-23H2,1-3H3,(H,38,41). The highest BCUT2D eigenvalue weighted by atomic mass is 19.4. The number of piperidine rings is 1. The average Bonchev–Trinajstić information content (AvgIpc) is 2.98. The van der Waals surface area contributed by atoms with Gasteiger partial charge in [-0.2, -0.15) is 13.2 Å². The van der Waals surface area contributed by atoms with Gasteiger partial charge in [-0.15, -0.1) is 0 Å². The minimum absolute atomic E-state index is 0.00135. The third-order valence-electron chi connectivity index (χ3n) is 7.86. The zero-order valence-corrected chi connectivity index (χ0v) is 24.6. The summed E-state index contributed by atoms with van der Waals surface area (Å²) in [6, 6.07) is 19.8. The van der Waals surface area contributed by atoms with Crippen molar-refractivity contribution in [1.29, 1.82) is 0 Å². The maximum absolute atomic E-state index is 13.7. The van der Waals surface area contributed by atoms with Crippen LogP contribution in [-0.2, 0) is 19.3 Å². The number of rotatable bonds is 10. The van der Waals surface area contributed by atoms with Crippen molar-refractivity contribution in [3.8, 4) is 0 Å². The zero-order chi connectivity index (χ0) is 30.3. The molecule has 0 spiro atoms. The molecule has 0 aliphatic carbocycles. The molecule has 2 amide bonds. The molecule has 0 atom stereocenters. The number of carbonyl (C=O) groups excluding carboxylic acids is 2. The van der Waals surface area contributed by atoms with E-state index < -0.39 is 11.7 Å².